The van der Waals surface area contributed by atoms with Gasteiger partial charge in [-0.05, 0) is 56.3 Å². The smallest absolute Gasteiger partial charge is 0.256 e. The van der Waals surface area contributed by atoms with Crippen LogP contribution in [0.3, 0.4) is 0 Å². The van der Waals surface area contributed by atoms with Gasteiger partial charge in [-0.25, -0.2) is 4.98 Å². The molecule has 0 saturated heterocycles. The van der Waals surface area contributed by atoms with E-state index < -0.39 is 0 Å². The highest BCUT2D eigenvalue weighted by atomic mass is 16.1. The quantitative estimate of drug-likeness (QED) is 0.482. The molecule has 0 aliphatic rings. The van der Waals surface area contributed by atoms with Crippen LogP contribution in [-0.4, -0.2) is 25.7 Å². The Balaban J connectivity index is 1.52. The van der Waals surface area contributed by atoms with Gasteiger partial charge in [0.2, 0.25) is 0 Å². The standard InChI is InChI=1S/C23H22N6O/c1-16(2)29-15-24-28-22(29)20-12-7-13-21(26-20)27-23(30)17-8-6-11-19(14-17)25-18-9-4-3-5-10-18/h3-16,25H,1-2H3,(H,26,27,30). The molecule has 2 heterocycles. The van der Waals surface area contributed by atoms with E-state index in [4.69, 9.17) is 0 Å². The Hall–Kier alpha value is -4.00. The van der Waals surface area contributed by atoms with Crippen LogP contribution in [0.1, 0.15) is 30.2 Å². The van der Waals surface area contributed by atoms with Crippen molar-refractivity contribution in [3.05, 3.63) is 84.7 Å². The number of carbonyl (C=O) groups is 1. The van der Waals surface area contributed by atoms with Gasteiger partial charge in [0.05, 0.1) is 0 Å². The summed E-state index contributed by atoms with van der Waals surface area (Å²) in [6.45, 7) is 4.10. The lowest BCUT2D eigenvalue weighted by Gasteiger charge is -2.11. The molecule has 0 bridgehead atoms. The summed E-state index contributed by atoms with van der Waals surface area (Å²) in [5.41, 5.74) is 2.98. The molecule has 0 radical (unpaired) electrons. The summed E-state index contributed by atoms with van der Waals surface area (Å²) >= 11 is 0. The van der Waals surface area contributed by atoms with Crippen molar-refractivity contribution >= 4 is 23.1 Å². The number of rotatable bonds is 6. The first-order valence-corrected chi connectivity index (χ1v) is 9.70. The van der Waals surface area contributed by atoms with E-state index in [9.17, 15) is 4.79 Å². The van der Waals surface area contributed by atoms with Gasteiger partial charge < -0.3 is 15.2 Å². The second-order valence-electron chi connectivity index (χ2n) is 7.09. The van der Waals surface area contributed by atoms with E-state index in [1.807, 2.05) is 65.2 Å². The van der Waals surface area contributed by atoms with E-state index in [1.54, 1.807) is 18.5 Å². The molecule has 7 nitrogen and oxygen atoms in total. The molecule has 4 aromatic rings. The van der Waals surface area contributed by atoms with Crippen LogP contribution in [0.25, 0.3) is 11.5 Å². The highest BCUT2D eigenvalue weighted by molar-refractivity contribution is 6.04. The molecule has 0 fully saturated rings. The highest BCUT2D eigenvalue weighted by Gasteiger charge is 2.13. The topological polar surface area (TPSA) is 84.7 Å². The van der Waals surface area contributed by atoms with Crippen molar-refractivity contribution in [3.63, 3.8) is 0 Å². The lowest BCUT2D eigenvalue weighted by molar-refractivity contribution is 0.102. The van der Waals surface area contributed by atoms with Crippen molar-refractivity contribution in [2.45, 2.75) is 19.9 Å². The summed E-state index contributed by atoms with van der Waals surface area (Å²) in [5, 5.41) is 14.3. The van der Waals surface area contributed by atoms with Crippen molar-refractivity contribution in [1.29, 1.82) is 0 Å². The summed E-state index contributed by atoms with van der Waals surface area (Å²) in [7, 11) is 0. The number of amides is 1. The van der Waals surface area contributed by atoms with Crippen molar-refractivity contribution in [2.75, 3.05) is 10.6 Å². The van der Waals surface area contributed by atoms with Gasteiger partial charge in [-0.15, -0.1) is 10.2 Å². The number of nitrogens with one attached hydrogen (secondary N) is 2. The molecule has 150 valence electrons. The van der Waals surface area contributed by atoms with Gasteiger partial charge >= 0.3 is 0 Å². The van der Waals surface area contributed by atoms with Crippen LogP contribution in [0.4, 0.5) is 17.2 Å². The zero-order valence-electron chi connectivity index (χ0n) is 16.8. The van der Waals surface area contributed by atoms with Crippen molar-refractivity contribution in [1.82, 2.24) is 19.7 Å². The third-order valence-electron chi connectivity index (χ3n) is 4.54. The van der Waals surface area contributed by atoms with Crippen molar-refractivity contribution < 1.29 is 4.79 Å². The second kappa shape index (κ2) is 8.57. The first kappa shape index (κ1) is 19.3. The maximum Gasteiger partial charge on any atom is 0.256 e. The van der Waals surface area contributed by atoms with Gasteiger partial charge in [0, 0.05) is 23.0 Å². The number of benzene rings is 2. The van der Waals surface area contributed by atoms with E-state index in [0.29, 0.717) is 22.9 Å². The monoisotopic (exact) mass is 398 g/mol. The maximum atomic E-state index is 12.8. The first-order chi connectivity index (χ1) is 14.6. The molecule has 0 aliphatic heterocycles. The van der Waals surface area contributed by atoms with E-state index in [-0.39, 0.29) is 11.9 Å². The normalized spacial score (nSPS) is 10.8. The molecule has 2 N–H and O–H groups in total. The molecule has 0 spiro atoms. The Morgan fingerprint density at radius 1 is 0.933 bits per heavy atom. The molecule has 4 rings (SSSR count). The van der Waals surface area contributed by atoms with Crippen LogP contribution >= 0.6 is 0 Å². The van der Waals surface area contributed by atoms with Crippen LogP contribution in [0.5, 0.6) is 0 Å². The van der Waals surface area contributed by atoms with Crippen LogP contribution in [-0.2, 0) is 0 Å². The van der Waals surface area contributed by atoms with Gasteiger partial charge in [0.1, 0.15) is 17.8 Å². The summed E-state index contributed by atoms with van der Waals surface area (Å²) in [4.78, 5) is 17.3. The summed E-state index contributed by atoms with van der Waals surface area (Å²) < 4.78 is 1.94. The van der Waals surface area contributed by atoms with E-state index in [2.05, 4.69) is 39.7 Å². The van der Waals surface area contributed by atoms with Crippen LogP contribution < -0.4 is 10.6 Å². The molecule has 7 heteroatoms. The molecule has 2 aromatic heterocycles. The third kappa shape index (κ3) is 4.35. The Labute approximate surface area is 174 Å². The lowest BCUT2D eigenvalue weighted by Crippen LogP contribution is -2.13. The fourth-order valence-electron chi connectivity index (χ4n) is 3.05. The molecule has 30 heavy (non-hydrogen) atoms. The van der Waals surface area contributed by atoms with Gasteiger partial charge in [0.15, 0.2) is 5.82 Å². The van der Waals surface area contributed by atoms with E-state index in [0.717, 1.165) is 11.4 Å². The highest BCUT2D eigenvalue weighted by Crippen LogP contribution is 2.21. The molecule has 0 atom stereocenters. The molecule has 1 amide bonds. The average Bonchev–Trinajstić information content (AvgIpc) is 3.25. The number of anilines is 3. The number of nitrogens with zero attached hydrogens (tertiary/aromatic N) is 4. The van der Waals surface area contributed by atoms with Crippen LogP contribution in [0.2, 0.25) is 0 Å². The number of hydrogen-bond donors (Lipinski definition) is 2. The predicted molar refractivity (Wildman–Crippen MR) is 118 cm³/mol. The van der Waals surface area contributed by atoms with Crippen LogP contribution in [0.15, 0.2) is 79.1 Å². The fourth-order valence-corrected chi connectivity index (χ4v) is 3.05. The fraction of sp³-hybridized carbons (Fsp3) is 0.130. The van der Waals surface area contributed by atoms with E-state index >= 15 is 0 Å². The zero-order valence-corrected chi connectivity index (χ0v) is 16.8. The molecule has 0 aliphatic carbocycles. The van der Waals surface area contributed by atoms with Crippen molar-refractivity contribution in [3.8, 4) is 11.5 Å². The Kier molecular flexibility index (Phi) is 5.52. The first-order valence-electron chi connectivity index (χ1n) is 9.70. The average molecular weight is 398 g/mol. The Morgan fingerprint density at radius 2 is 1.70 bits per heavy atom. The minimum absolute atomic E-state index is 0.204. The van der Waals surface area contributed by atoms with E-state index in [1.165, 1.54) is 0 Å². The zero-order chi connectivity index (χ0) is 20.9. The summed E-state index contributed by atoms with van der Waals surface area (Å²) in [5.74, 6) is 0.883. The summed E-state index contributed by atoms with van der Waals surface area (Å²) in [6.07, 6.45) is 1.68. The second-order valence-corrected chi connectivity index (χ2v) is 7.09. The minimum atomic E-state index is -0.235. The number of aromatic nitrogens is 4. The molecular formula is C23H22N6O. The third-order valence-corrected chi connectivity index (χ3v) is 4.54. The molecule has 0 saturated carbocycles. The number of carbonyl (C=O) groups excluding carboxylic acids is 1. The SMILES string of the molecule is CC(C)n1cnnc1-c1cccc(NC(=O)c2cccc(Nc3ccccc3)c2)n1. The van der Waals surface area contributed by atoms with Gasteiger partial charge in [0.25, 0.3) is 5.91 Å². The van der Waals surface area contributed by atoms with Gasteiger partial charge in [-0.2, -0.15) is 0 Å². The molecular weight excluding hydrogens is 376 g/mol. The number of hydrogen-bond acceptors (Lipinski definition) is 5. The Bertz CT molecular complexity index is 1150. The van der Waals surface area contributed by atoms with Crippen LogP contribution in [0, 0.1) is 0 Å². The summed E-state index contributed by atoms with van der Waals surface area (Å²) in [6, 6.07) is 22.8. The lowest BCUT2D eigenvalue weighted by atomic mass is 10.2. The largest absolute Gasteiger partial charge is 0.356 e. The number of pyridine rings is 1. The molecule has 2 aromatic carbocycles. The minimum Gasteiger partial charge on any atom is -0.356 e. The molecule has 0 unspecified atom stereocenters. The number of para-hydroxylation sites is 1. The maximum absolute atomic E-state index is 12.8. The Morgan fingerprint density at radius 3 is 2.50 bits per heavy atom. The predicted octanol–water partition coefficient (Wildman–Crippen LogP) is 4.92. The van der Waals surface area contributed by atoms with Gasteiger partial charge in [-0.3, -0.25) is 4.79 Å². The van der Waals surface area contributed by atoms with Crippen molar-refractivity contribution in [2.24, 2.45) is 0 Å². The van der Waals surface area contributed by atoms with Gasteiger partial charge in [-0.1, -0.05) is 30.3 Å².